The molecule has 0 atom stereocenters. The van der Waals surface area contributed by atoms with E-state index >= 15 is 0 Å². The third kappa shape index (κ3) is 8.30. The number of benzene rings is 1. The Morgan fingerprint density at radius 1 is 1.07 bits per heavy atom. The average molecular weight is 642 g/mol. The molecule has 2 aromatic heterocycles. The first kappa shape index (κ1) is 33.1. The van der Waals surface area contributed by atoms with Crippen LogP contribution in [0.5, 0.6) is 0 Å². The number of nitrogens with one attached hydrogen (secondary N) is 2. The quantitative estimate of drug-likeness (QED) is 0.257. The maximum atomic E-state index is 13.2. The molecule has 1 aliphatic carbocycles. The molecule has 1 aromatic carbocycles. The summed E-state index contributed by atoms with van der Waals surface area (Å²) in [4.78, 5) is 23.6. The van der Waals surface area contributed by atoms with Gasteiger partial charge in [0.25, 0.3) is 0 Å². The summed E-state index contributed by atoms with van der Waals surface area (Å²) in [6.07, 6.45) is 7.72. The van der Waals surface area contributed by atoms with Crippen molar-refractivity contribution in [3.05, 3.63) is 30.5 Å². The predicted molar refractivity (Wildman–Crippen MR) is 173 cm³/mol. The summed E-state index contributed by atoms with van der Waals surface area (Å²) < 4.78 is 36.6. The van der Waals surface area contributed by atoms with Crippen molar-refractivity contribution in [2.24, 2.45) is 5.92 Å². The second-order valence-corrected chi connectivity index (χ2v) is 15.0. The Morgan fingerprint density at radius 2 is 1.76 bits per heavy atom. The van der Waals surface area contributed by atoms with Crippen LogP contribution < -0.4 is 10.0 Å². The van der Waals surface area contributed by atoms with Crippen LogP contribution in [0.25, 0.3) is 22.3 Å². The molecule has 1 aliphatic heterocycles. The van der Waals surface area contributed by atoms with Crippen molar-refractivity contribution in [3.63, 3.8) is 0 Å². The molecule has 0 radical (unpaired) electrons. The summed E-state index contributed by atoms with van der Waals surface area (Å²) in [5.41, 5.74) is 1.66. The average Bonchev–Trinajstić information content (AvgIpc) is 3.39. The Labute approximate surface area is 266 Å². The summed E-state index contributed by atoms with van der Waals surface area (Å²) in [6, 6.07) is 6.87. The van der Waals surface area contributed by atoms with Gasteiger partial charge in [-0.15, -0.1) is 0 Å². The molecule has 1 saturated heterocycles. The van der Waals surface area contributed by atoms with Gasteiger partial charge in [0, 0.05) is 37.9 Å². The highest BCUT2D eigenvalue weighted by molar-refractivity contribution is 7.89. The van der Waals surface area contributed by atoms with E-state index in [0.717, 1.165) is 61.7 Å². The van der Waals surface area contributed by atoms with Crippen molar-refractivity contribution in [2.75, 3.05) is 31.5 Å². The molecule has 12 nitrogen and oxygen atoms in total. The van der Waals surface area contributed by atoms with Gasteiger partial charge in [-0.05, 0) is 83.8 Å². The van der Waals surface area contributed by atoms with Crippen LogP contribution in [0.4, 0.5) is 10.7 Å². The molecule has 13 heteroatoms. The lowest BCUT2D eigenvalue weighted by atomic mass is 9.93. The number of anilines is 1. The second kappa shape index (κ2) is 14.0. The van der Waals surface area contributed by atoms with Gasteiger partial charge in [0.15, 0.2) is 5.65 Å². The fourth-order valence-corrected chi connectivity index (χ4v) is 7.02. The smallest absolute Gasteiger partial charge is 0.410 e. The number of fused-ring (bicyclic) bond motifs is 1. The van der Waals surface area contributed by atoms with Crippen molar-refractivity contribution in [2.45, 2.75) is 102 Å². The van der Waals surface area contributed by atoms with E-state index in [1.807, 2.05) is 25.5 Å². The minimum Gasteiger partial charge on any atom is -0.444 e. The van der Waals surface area contributed by atoms with E-state index in [1.54, 1.807) is 35.4 Å². The number of aliphatic hydroxyl groups excluding tert-OH is 1. The van der Waals surface area contributed by atoms with E-state index in [2.05, 4.69) is 21.9 Å². The van der Waals surface area contributed by atoms with Gasteiger partial charge in [-0.2, -0.15) is 10.1 Å². The van der Waals surface area contributed by atoms with E-state index in [9.17, 15) is 18.3 Å². The molecule has 0 unspecified atom stereocenters. The Morgan fingerprint density at radius 3 is 2.40 bits per heavy atom. The van der Waals surface area contributed by atoms with Gasteiger partial charge in [0.2, 0.25) is 16.0 Å². The van der Waals surface area contributed by atoms with E-state index in [-0.39, 0.29) is 29.1 Å². The van der Waals surface area contributed by atoms with Crippen molar-refractivity contribution >= 4 is 33.1 Å². The molecule has 3 N–H and O–H groups in total. The fourth-order valence-electron chi connectivity index (χ4n) is 5.91. The molecule has 2 fully saturated rings. The lowest BCUT2D eigenvalue weighted by molar-refractivity contribution is 0.0185. The molecule has 246 valence electrons. The molecule has 5 rings (SSSR count). The maximum Gasteiger partial charge on any atom is 0.410 e. The van der Waals surface area contributed by atoms with Gasteiger partial charge in [-0.3, -0.25) is 0 Å². The highest BCUT2D eigenvalue weighted by atomic mass is 32.2. The van der Waals surface area contributed by atoms with Gasteiger partial charge in [-0.1, -0.05) is 25.5 Å². The van der Waals surface area contributed by atoms with Gasteiger partial charge in [0.05, 0.1) is 22.4 Å². The first-order chi connectivity index (χ1) is 21.4. The molecule has 0 bridgehead atoms. The maximum absolute atomic E-state index is 13.2. The Bertz CT molecular complexity index is 1550. The zero-order valence-electron chi connectivity index (χ0n) is 26.8. The first-order valence-corrected chi connectivity index (χ1v) is 17.7. The molecule has 1 saturated carbocycles. The van der Waals surface area contributed by atoms with Crippen LogP contribution in [0, 0.1) is 5.92 Å². The molecular formula is C32H47N7O5S. The SMILES string of the molecule is CCCCNc1ncc2c(-c3ccc(S(=O)(=O)NCC4CCN(C(=O)OC(C)(C)C)CC4)cc3)nn([C@H]3CC[C@H](O)CC3)c2n1. The minimum absolute atomic E-state index is 0.114. The number of nitrogens with zero attached hydrogens (tertiary/aromatic N) is 5. The van der Waals surface area contributed by atoms with Gasteiger partial charge >= 0.3 is 6.09 Å². The highest BCUT2D eigenvalue weighted by Crippen LogP contribution is 2.35. The van der Waals surface area contributed by atoms with Crippen molar-refractivity contribution in [1.82, 2.24) is 29.4 Å². The third-order valence-electron chi connectivity index (χ3n) is 8.54. The van der Waals surface area contributed by atoms with Crippen LogP contribution in [0.3, 0.4) is 0 Å². The van der Waals surface area contributed by atoms with E-state index < -0.39 is 15.6 Å². The zero-order valence-corrected chi connectivity index (χ0v) is 27.6. The number of carbonyl (C=O) groups excluding carboxylic acids is 1. The number of aromatic nitrogens is 4. The number of piperidine rings is 1. The van der Waals surface area contributed by atoms with Gasteiger partial charge < -0.3 is 20.1 Å². The number of hydrogen-bond acceptors (Lipinski definition) is 9. The standard InChI is InChI=1S/C32H47N7O5S/c1-5-6-17-33-30-34-21-27-28(37-39(29(27)36-30)24-9-11-25(40)12-10-24)23-7-13-26(14-8-23)45(42,43)35-20-22-15-18-38(19-16-22)31(41)44-32(2,3)4/h7-8,13-14,21-22,24-25,35,40H,5-6,9-12,15-20H2,1-4H3,(H,33,34,36)/t24-,25-. The Kier molecular flexibility index (Phi) is 10.3. The van der Waals surface area contributed by atoms with Gasteiger partial charge in [-0.25, -0.2) is 27.6 Å². The van der Waals surface area contributed by atoms with E-state index in [4.69, 9.17) is 14.8 Å². The van der Waals surface area contributed by atoms with Gasteiger partial charge in [0.1, 0.15) is 11.3 Å². The fraction of sp³-hybridized carbons (Fsp3) is 0.625. The second-order valence-electron chi connectivity index (χ2n) is 13.3. The summed E-state index contributed by atoms with van der Waals surface area (Å²) >= 11 is 0. The molecule has 2 aliphatic rings. The van der Waals surface area contributed by atoms with Crippen LogP contribution >= 0.6 is 0 Å². The third-order valence-corrected chi connectivity index (χ3v) is 9.98. The van der Waals surface area contributed by atoms with Crippen molar-refractivity contribution in [3.8, 4) is 11.3 Å². The molecule has 1 amide bonds. The zero-order chi connectivity index (χ0) is 32.2. The number of amides is 1. The first-order valence-electron chi connectivity index (χ1n) is 16.2. The molecule has 3 aromatic rings. The number of carbonyl (C=O) groups is 1. The van der Waals surface area contributed by atoms with Crippen LogP contribution in [0.15, 0.2) is 35.4 Å². The van der Waals surface area contributed by atoms with Crippen LogP contribution in [-0.2, 0) is 14.8 Å². The number of aliphatic hydroxyl groups is 1. The lowest BCUT2D eigenvalue weighted by Crippen LogP contribution is -2.43. The van der Waals surface area contributed by atoms with Crippen molar-refractivity contribution in [1.29, 1.82) is 0 Å². The minimum atomic E-state index is -3.73. The monoisotopic (exact) mass is 641 g/mol. The normalized spacial score (nSPS) is 20.0. The largest absolute Gasteiger partial charge is 0.444 e. The molecule has 3 heterocycles. The summed E-state index contributed by atoms with van der Waals surface area (Å²) in [6.45, 7) is 9.84. The molecule has 45 heavy (non-hydrogen) atoms. The summed E-state index contributed by atoms with van der Waals surface area (Å²) in [7, 11) is -3.73. The highest BCUT2D eigenvalue weighted by Gasteiger charge is 2.29. The summed E-state index contributed by atoms with van der Waals surface area (Å²) in [5.74, 6) is 0.692. The lowest BCUT2D eigenvalue weighted by Gasteiger charge is -2.33. The Balaban J connectivity index is 1.28. The number of sulfonamides is 1. The topological polar surface area (TPSA) is 152 Å². The Hall–Kier alpha value is -3.29. The number of rotatable bonds is 10. The number of hydrogen-bond donors (Lipinski definition) is 3. The number of unbranched alkanes of at least 4 members (excludes halogenated alkanes) is 1. The van der Waals surface area contributed by atoms with Crippen LogP contribution in [0.2, 0.25) is 0 Å². The van der Waals surface area contributed by atoms with Crippen molar-refractivity contribution < 1.29 is 23.1 Å². The van der Waals surface area contributed by atoms with Crippen LogP contribution in [-0.4, -0.2) is 82.1 Å². The molecule has 0 spiro atoms. The van der Waals surface area contributed by atoms with E-state index in [1.165, 1.54) is 0 Å². The predicted octanol–water partition coefficient (Wildman–Crippen LogP) is 5.11. The summed E-state index contributed by atoms with van der Waals surface area (Å²) in [5, 5.41) is 19.1. The van der Waals surface area contributed by atoms with E-state index in [0.29, 0.717) is 44.1 Å². The number of likely N-dealkylation sites (tertiary alicyclic amines) is 1. The van der Waals surface area contributed by atoms with Crippen LogP contribution in [0.1, 0.15) is 85.1 Å². The molecular weight excluding hydrogens is 594 g/mol. The number of ether oxygens (including phenoxy) is 1.